The van der Waals surface area contributed by atoms with Gasteiger partial charge in [-0.15, -0.1) is 11.3 Å². The molecule has 2 aliphatic heterocycles. The van der Waals surface area contributed by atoms with Gasteiger partial charge in [0.1, 0.15) is 42.9 Å². The van der Waals surface area contributed by atoms with Gasteiger partial charge in [0, 0.05) is 35.2 Å². The summed E-state index contributed by atoms with van der Waals surface area (Å²) in [7, 11) is -1.20. The van der Waals surface area contributed by atoms with E-state index in [0.717, 1.165) is 67.5 Å². The number of nitrogens with one attached hydrogen (secondary N) is 2. The number of pyridine rings is 1. The highest BCUT2D eigenvalue weighted by Crippen LogP contribution is 2.68. The number of aryl methyl sites for hydroxylation is 1. The summed E-state index contributed by atoms with van der Waals surface area (Å²) in [6.45, 7) is 5.50. The normalized spacial score (nSPS) is 27.6. The Morgan fingerprint density at radius 3 is 2.57 bits per heavy atom. The van der Waals surface area contributed by atoms with Crippen LogP contribution in [0.2, 0.25) is 0 Å². The quantitative estimate of drug-likeness (QED) is 0.191. The average Bonchev–Trinajstić information content (AvgIpc) is 3.52. The molecule has 5 atom stereocenters. The number of nitrogens with zero attached hydrogens (tertiary/aromatic N) is 3. The molecule has 2 aromatic heterocycles. The van der Waals surface area contributed by atoms with Gasteiger partial charge < -0.3 is 34.3 Å². The number of carbonyl (C=O) groups is 3. The zero-order valence-corrected chi connectivity index (χ0v) is 32.7. The fraction of sp³-hybridized carbons (Fsp3) is 0.564. The van der Waals surface area contributed by atoms with Crippen molar-refractivity contribution in [3.63, 3.8) is 0 Å². The monoisotopic (exact) mass is 763 g/mol. The summed E-state index contributed by atoms with van der Waals surface area (Å²) < 4.78 is 31.7. The number of amides is 3. The van der Waals surface area contributed by atoms with Gasteiger partial charge in [-0.25, -0.2) is 14.8 Å². The van der Waals surface area contributed by atoms with Crippen molar-refractivity contribution in [2.45, 2.75) is 107 Å². The van der Waals surface area contributed by atoms with E-state index >= 15 is 0 Å². The van der Waals surface area contributed by atoms with Crippen LogP contribution in [0.4, 0.5) is 4.79 Å². The predicted octanol–water partition coefficient (Wildman–Crippen LogP) is 7.04. The molecule has 7 rings (SSSR count). The molecule has 2 saturated carbocycles. The van der Waals surface area contributed by atoms with Crippen molar-refractivity contribution >= 4 is 47.3 Å². The van der Waals surface area contributed by atoms with E-state index in [4.69, 9.17) is 19.2 Å². The van der Waals surface area contributed by atoms with Gasteiger partial charge in [0.15, 0.2) is 0 Å². The number of thiazole rings is 1. The van der Waals surface area contributed by atoms with Gasteiger partial charge in [-0.1, -0.05) is 25.0 Å². The second-order valence-electron chi connectivity index (χ2n) is 15.3. The molecule has 3 fully saturated rings. The first-order valence-electron chi connectivity index (χ1n) is 18.8. The third-order valence-electron chi connectivity index (χ3n) is 11.2. The molecule has 14 heteroatoms. The molecule has 12 nitrogen and oxygen atoms in total. The highest BCUT2D eigenvalue weighted by Gasteiger charge is 2.62. The second kappa shape index (κ2) is 15.4. The summed E-state index contributed by atoms with van der Waals surface area (Å²) in [6.07, 6.45) is 11.1. The molecule has 0 bridgehead atoms. The first-order chi connectivity index (χ1) is 25.4. The topological polar surface area (TPSA) is 149 Å². The molecule has 3 amide bonds. The molecule has 2 aliphatic carbocycles. The number of rotatable bonds is 7. The second-order valence-corrected chi connectivity index (χ2v) is 19.8. The molecular formula is C39H50N5O7PS. The molecule has 284 valence electrons. The third kappa shape index (κ3) is 8.11. The highest BCUT2D eigenvalue weighted by molar-refractivity contribution is 7.64. The van der Waals surface area contributed by atoms with Gasteiger partial charge in [0.2, 0.25) is 11.8 Å². The van der Waals surface area contributed by atoms with Crippen LogP contribution in [0.3, 0.4) is 0 Å². The van der Waals surface area contributed by atoms with E-state index in [-0.39, 0.29) is 36.8 Å². The van der Waals surface area contributed by atoms with E-state index < -0.39 is 36.7 Å². The zero-order valence-electron chi connectivity index (χ0n) is 31.0. The van der Waals surface area contributed by atoms with Crippen LogP contribution in [0, 0.1) is 12.8 Å². The van der Waals surface area contributed by atoms with Crippen LogP contribution >= 0.6 is 18.5 Å². The Balaban J connectivity index is 1.21. The maximum Gasteiger partial charge on any atom is 0.408 e. The minimum atomic E-state index is -2.80. The molecular weight excluding hydrogens is 713 g/mol. The Morgan fingerprint density at radius 2 is 1.83 bits per heavy atom. The van der Waals surface area contributed by atoms with Crippen molar-refractivity contribution in [1.82, 2.24) is 25.5 Å². The molecule has 3 aromatic rings. The van der Waals surface area contributed by atoms with Gasteiger partial charge in [-0.2, -0.15) is 0 Å². The summed E-state index contributed by atoms with van der Waals surface area (Å²) >= 11 is 1.53. The van der Waals surface area contributed by atoms with Crippen LogP contribution < -0.4 is 20.1 Å². The SMILES string of the molecule is COc1ccc2c(OC3CC4C(=O)NC5(P(C)(C)=O)CC5/C=C/CCCCCC(NC(=O)OC5CCCC5)C(=O)N4C3)cc(-c3csc(C)n3)nc2c1. The molecule has 0 radical (unpaired) electrons. The lowest BCUT2D eigenvalue weighted by atomic mass is 10.0. The summed E-state index contributed by atoms with van der Waals surface area (Å²) in [6, 6.07) is 5.64. The van der Waals surface area contributed by atoms with Crippen molar-refractivity contribution in [3.8, 4) is 22.9 Å². The van der Waals surface area contributed by atoms with Crippen molar-refractivity contribution < 1.29 is 33.2 Å². The first kappa shape index (κ1) is 37.4. The minimum Gasteiger partial charge on any atom is -0.497 e. The average molecular weight is 764 g/mol. The van der Waals surface area contributed by atoms with Gasteiger partial charge in [0.05, 0.1) is 40.8 Å². The van der Waals surface area contributed by atoms with Gasteiger partial charge in [-0.05, 0) is 83.8 Å². The smallest absolute Gasteiger partial charge is 0.408 e. The lowest BCUT2D eigenvalue weighted by molar-refractivity contribution is -0.140. The van der Waals surface area contributed by atoms with Crippen molar-refractivity contribution in [3.05, 3.63) is 46.8 Å². The Kier molecular flexibility index (Phi) is 10.9. The van der Waals surface area contributed by atoms with Crippen molar-refractivity contribution in [1.29, 1.82) is 0 Å². The molecule has 1 saturated heterocycles. The summed E-state index contributed by atoms with van der Waals surface area (Å²) in [5.41, 5.74) is 2.01. The number of carbonyl (C=O) groups excluding carboxylic acids is 3. The van der Waals surface area contributed by atoms with Crippen LogP contribution in [0.5, 0.6) is 11.5 Å². The maximum absolute atomic E-state index is 14.6. The number of alkyl carbamates (subject to hydrolysis) is 1. The van der Waals surface area contributed by atoms with Crippen LogP contribution in [-0.4, -0.2) is 89.3 Å². The summed E-state index contributed by atoms with van der Waals surface area (Å²) in [5, 5.41) is 8.81. The van der Waals surface area contributed by atoms with E-state index in [1.54, 1.807) is 25.3 Å². The van der Waals surface area contributed by atoms with Gasteiger partial charge >= 0.3 is 6.09 Å². The first-order valence-corrected chi connectivity index (χ1v) is 22.3. The van der Waals surface area contributed by atoms with Crippen LogP contribution in [-0.2, 0) is 18.9 Å². The molecule has 0 spiro atoms. The van der Waals surface area contributed by atoms with Crippen LogP contribution in [0.15, 0.2) is 41.8 Å². The van der Waals surface area contributed by atoms with Crippen LogP contribution in [0.25, 0.3) is 22.3 Å². The number of allylic oxidation sites excluding steroid dienone is 1. The van der Waals surface area contributed by atoms with Gasteiger partial charge in [-0.3, -0.25) is 9.59 Å². The molecule has 2 N–H and O–H groups in total. The predicted molar refractivity (Wildman–Crippen MR) is 205 cm³/mol. The number of ether oxygens (including phenoxy) is 3. The highest BCUT2D eigenvalue weighted by atomic mass is 32.1. The van der Waals surface area contributed by atoms with Crippen molar-refractivity contribution in [2.24, 2.45) is 5.92 Å². The Labute approximate surface area is 314 Å². The summed E-state index contributed by atoms with van der Waals surface area (Å²) in [4.78, 5) is 53.2. The molecule has 4 heterocycles. The molecule has 53 heavy (non-hydrogen) atoms. The van der Waals surface area contributed by atoms with E-state index in [1.165, 1.54) is 11.3 Å². The fourth-order valence-corrected chi connectivity index (χ4v) is 10.6. The molecule has 4 aliphatic rings. The summed E-state index contributed by atoms with van der Waals surface area (Å²) in [5.74, 6) is 0.433. The number of hydrogen-bond donors (Lipinski definition) is 2. The fourth-order valence-electron chi connectivity index (χ4n) is 8.10. The molecule has 1 aromatic carbocycles. The van der Waals surface area contributed by atoms with E-state index in [2.05, 4.69) is 27.8 Å². The number of methoxy groups -OCH3 is 1. The largest absolute Gasteiger partial charge is 0.497 e. The van der Waals surface area contributed by atoms with Crippen molar-refractivity contribution in [2.75, 3.05) is 27.0 Å². The Hall–Kier alpha value is -3.96. The maximum atomic E-state index is 14.6. The Bertz CT molecular complexity index is 1940. The van der Waals surface area contributed by atoms with E-state index in [1.807, 2.05) is 36.6 Å². The standard InChI is InChI=1S/C39H50N5O7PS/c1-24-40-33(23-53-24)32-20-35(29-17-16-27(49-2)18-31(29)41-32)50-28-19-34-36(45)43-39(52(3,4)48)21-25(39)12-8-6-5-7-9-15-30(37(46)44(34)22-28)42-38(47)51-26-13-10-11-14-26/h8,12,16-18,20,23,25-26,28,30,34H,5-7,9-11,13-15,19,21-22H2,1-4H3,(H,42,47)(H,43,45)/b12-8+. The third-order valence-corrected chi connectivity index (χ3v) is 14.5. The molecule has 5 unspecified atom stereocenters. The zero-order chi connectivity index (χ0) is 37.3. The number of fused-ring (bicyclic) bond motifs is 3. The van der Waals surface area contributed by atoms with Gasteiger partial charge in [0.25, 0.3) is 0 Å². The van der Waals surface area contributed by atoms with E-state index in [0.29, 0.717) is 35.6 Å². The number of hydrogen-bond acceptors (Lipinski definition) is 10. The number of benzene rings is 1. The van der Waals surface area contributed by atoms with E-state index in [9.17, 15) is 18.9 Å². The minimum absolute atomic E-state index is 0.0391. The van der Waals surface area contributed by atoms with Crippen LogP contribution in [0.1, 0.15) is 75.6 Å². The lowest BCUT2D eigenvalue weighted by Crippen LogP contribution is -2.55. The lowest BCUT2D eigenvalue weighted by Gasteiger charge is -2.31. The Morgan fingerprint density at radius 1 is 1.04 bits per heavy atom. The number of aromatic nitrogens is 2.